The Labute approximate surface area is 223 Å². The molecule has 0 radical (unpaired) electrons. The van der Waals surface area contributed by atoms with Gasteiger partial charge in [0.2, 0.25) is 6.79 Å². The van der Waals surface area contributed by atoms with Crippen LogP contribution in [0.3, 0.4) is 0 Å². The second-order valence-electron chi connectivity index (χ2n) is 9.24. The third-order valence-corrected chi connectivity index (χ3v) is 6.89. The molecule has 3 aromatic carbocycles. The zero-order valence-corrected chi connectivity index (χ0v) is 21.1. The number of carboxylic acids is 2. The molecular weight excluding hydrogens is 510 g/mol. The largest absolute Gasteiger partial charge is 0.497 e. The molecule has 2 N–H and O–H groups in total. The number of carbonyl (C=O) groups is 2. The average Bonchev–Trinajstić information content (AvgIpc) is 3.53. The first kappa shape index (κ1) is 26.1. The lowest BCUT2D eigenvalue weighted by atomic mass is 9.79. The number of ether oxygens (including phenoxy) is 5. The summed E-state index contributed by atoms with van der Waals surface area (Å²) in [5.74, 6) is -2.08. The minimum absolute atomic E-state index is 0.0908. The maximum Gasteiger partial charge on any atom is 0.341 e. The van der Waals surface area contributed by atoms with Crippen molar-refractivity contribution < 1.29 is 47.9 Å². The second kappa shape index (κ2) is 11.1. The highest BCUT2D eigenvalue weighted by molar-refractivity contribution is 5.78. The highest BCUT2D eigenvalue weighted by Gasteiger charge is 2.47. The zero-order valence-electron chi connectivity index (χ0n) is 21.1. The summed E-state index contributed by atoms with van der Waals surface area (Å²) in [7, 11) is 1.46. The third-order valence-electron chi connectivity index (χ3n) is 6.89. The van der Waals surface area contributed by atoms with Gasteiger partial charge in [-0.15, -0.1) is 0 Å². The van der Waals surface area contributed by atoms with Crippen LogP contribution in [0.25, 0.3) is 0 Å². The van der Waals surface area contributed by atoms with Crippen molar-refractivity contribution in [1.29, 1.82) is 0 Å². The van der Waals surface area contributed by atoms with E-state index < -0.39 is 43.0 Å². The number of benzene rings is 3. The van der Waals surface area contributed by atoms with Gasteiger partial charge in [0.05, 0.1) is 26.3 Å². The summed E-state index contributed by atoms with van der Waals surface area (Å²) in [5.41, 5.74) is 2.83. The SMILES string of the molecule is COc1cc(OCC(=O)O)cc([C@@H]2c3cc(OCCC[18F])ccc3[C@H](c3ccc4c(c3)OCO4)[C@H]2C(=O)O)c1. The molecule has 1 aliphatic heterocycles. The predicted octanol–water partition coefficient (Wildman–Crippen LogP) is 4.60. The van der Waals surface area contributed by atoms with Gasteiger partial charge in [-0.25, -0.2) is 4.79 Å². The van der Waals surface area contributed by atoms with Crippen LogP contribution in [-0.2, 0) is 9.59 Å². The molecule has 0 bridgehead atoms. The molecular formula is C29H27FO9. The summed E-state index contributed by atoms with van der Waals surface area (Å²) < 4.78 is 40.3. The quantitative estimate of drug-likeness (QED) is 0.338. The molecule has 1 heterocycles. The molecule has 0 spiro atoms. The topological polar surface area (TPSA) is 121 Å². The average molecular weight is 538 g/mol. The molecule has 0 amide bonds. The molecule has 2 aliphatic rings. The lowest BCUT2D eigenvalue weighted by Crippen LogP contribution is -2.24. The molecule has 0 unspecified atom stereocenters. The van der Waals surface area contributed by atoms with Crippen molar-refractivity contribution in [3.63, 3.8) is 0 Å². The van der Waals surface area contributed by atoms with Crippen LogP contribution < -0.4 is 23.7 Å². The van der Waals surface area contributed by atoms with E-state index in [1.54, 1.807) is 42.5 Å². The van der Waals surface area contributed by atoms with Gasteiger partial charge >= 0.3 is 11.9 Å². The van der Waals surface area contributed by atoms with E-state index in [4.69, 9.17) is 28.8 Å². The van der Waals surface area contributed by atoms with Gasteiger partial charge in [-0.2, -0.15) is 0 Å². The number of halogens is 1. The van der Waals surface area contributed by atoms with Gasteiger partial charge in [-0.3, -0.25) is 9.18 Å². The van der Waals surface area contributed by atoms with Crippen LogP contribution in [0.1, 0.15) is 40.5 Å². The van der Waals surface area contributed by atoms with Gasteiger partial charge in [0.25, 0.3) is 0 Å². The Morgan fingerprint density at radius 1 is 0.872 bits per heavy atom. The van der Waals surface area contributed by atoms with Gasteiger partial charge in [0.15, 0.2) is 18.1 Å². The fourth-order valence-electron chi connectivity index (χ4n) is 5.30. The number of hydrogen-bond acceptors (Lipinski definition) is 7. The summed E-state index contributed by atoms with van der Waals surface area (Å²) in [6.07, 6.45) is 0.234. The predicted molar refractivity (Wildman–Crippen MR) is 136 cm³/mol. The minimum atomic E-state index is -1.15. The number of carboxylic acid groups (broad SMARTS) is 2. The Balaban J connectivity index is 1.65. The smallest absolute Gasteiger partial charge is 0.341 e. The fourth-order valence-corrected chi connectivity index (χ4v) is 5.30. The van der Waals surface area contributed by atoms with Crippen LogP contribution in [-0.4, -0.2) is 55.9 Å². The minimum Gasteiger partial charge on any atom is -0.497 e. The molecule has 0 saturated heterocycles. The van der Waals surface area contributed by atoms with Crippen molar-refractivity contribution in [2.75, 3.05) is 33.8 Å². The van der Waals surface area contributed by atoms with Gasteiger partial charge in [-0.05, 0) is 58.7 Å². The summed E-state index contributed by atoms with van der Waals surface area (Å²) in [6, 6.07) is 15.7. The summed E-state index contributed by atoms with van der Waals surface area (Å²) >= 11 is 0. The van der Waals surface area contributed by atoms with E-state index in [1.807, 2.05) is 12.1 Å². The maximum absolute atomic E-state index is 13.0. The lowest BCUT2D eigenvalue weighted by molar-refractivity contribution is -0.142. The van der Waals surface area contributed by atoms with E-state index in [2.05, 4.69) is 0 Å². The van der Waals surface area contributed by atoms with Gasteiger partial charge in [0.1, 0.15) is 17.2 Å². The molecule has 39 heavy (non-hydrogen) atoms. The van der Waals surface area contributed by atoms with E-state index in [-0.39, 0.29) is 25.6 Å². The van der Waals surface area contributed by atoms with E-state index in [1.165, 1.54) is 7.11 Å². The zero-order chi connectivity index (χ0) is 27.5. The second-order valence-corrected chi connectivity index (χ2v) is 9.24. The summed E-state index contributed by atoms with van der Waals surface area (Å²) in [6.45, 7) is -0.805. The molecule has 3 aromatic rings. The van der Waals surface area contributed by atoms with E-state index in [0.29, 0.717) is 28.6 Å². The molecule has 0 fully saturated rings. The summed E-state index contributed by atoms with van der Waals surface area (Å²) in [5, 5.41) is 19.7. The lowest BCUT2D eigenvalue weighted by Gasteiger charge is -2.23. The first-order valence-electron chi connectivity index (χ1n) is 12.4. The number of alkyl halides is 1. The van der Waals surface area contributed by atoms with Crippen LogP contribution in [0.2, 0.25) is 0 Å². The van der Waals surface area contributed by atoms with E-state index in [9.17, 15) is 19.1 Å². The van der Waals surface area contributed by atoms with E-state index >= 15 is 0 Å². The Morgan fingerprint density at radius 2 is 1.64 bits per heavy atom. The van der Waals surface area contributed by atoms with Crippen LogP contribution in [0.4, 0.5) is 4.39 Å². The first-order chi connectivity index (χ1) is 18.9. The number of rotatable bonds is 11. The molecule has 204 valence electrons. The van der Waals surface area contributed by atoms with Crippen molar-refractivity contribution in [3.8, 4) is 28.7 Å². The highest BCUT2D eigenvalue weighted by Crippen LogP contribution is 2.55. The van der Waals surface area contributed by atoms with Crippen LogP contribution in [0, 0.1) is 5.92 Å². The molecule has 9 nitrogen and oxygen atoms in total. The van der Waals surface area contributed by atoms with Crippen molar-refractivity contribution in [2.45, 2.75) is 18.3 Å². The number of fused-ring (bicyclic) bond motifs is 2. The number of methoxy groups -OCH3 is 1. The molecule has 5 rings (SSSR count). The molecule has 1 aliphatic carbocycles. The Bertz CT molecular complexity index is 1390. The van der Waals surface area contributed by atoms with E-state index in [0.717, 1.165) is 16.7 Å². The van der Waals surface area contributed by atoms with Crippen molar-refractivity contribution in [3.05, 3.63) is 76.9 Å². The number of aliphatic carboxylic acids is 2. The third kappa shape index (κ3) is 5.27. The van der Waals surface area contributed by atoms with Gasteiger partial charge in [-0.1, -0.05) is 12.1 Å². The van der Waals surface area contributed by atoms with Crippen LogP contribution in [0.5, 0.6) is 28.7 Å². The molecule has 10 heteroatoms. The Kier molecular flexibility index (Phi) is 7.44. The first-order valence-corrected chi connectivity index (χ1v) is 12.4. The van der Waals surface area contributed by atoms with Crippen LogP contribution >= 0.6 is 0 Å². The molecule has 3 atom stereocenters. The molecule has 0 aromatic heterocycles. The Morgan fingerprint density at radius 3 is 2.38 bits per heavy atom. The van der Waals surface area contributed by atoms with Gasteiger partial charge < -0.3 is 33.9 Å². The highest BCUT2D eigenvalue weighted by atomic mass is 18.2. The maximum atomic E-state index is 13.0. The van der Waals surface area contributed by atoms with Gasteiger partial charge in [0, 0.05) is 24.3 Å². The van der Waals surface area contributed by atoms with Crippen molar-refractivity contribution in [2.24, 2.45) is 5.92 Å². The number of hydrogen-bond donors (Lipinski definition) is 2. The van der Waals surface area contributed by atoms with Crippen molar-refractivity contribution >= 4 is 11.9 Å². The Hall–Kier alpha value is -4.47. The van der Waals surface area contributed by atoms with Crippen LogP contribution in [0.15, 0.2) is 54.6 Å². The standard InChI is InChI=1S/C29H27FO9/c1-35-19-9-17(10-20(12-19)37-14-25(31)32)27-22-13-18(36-8-2-7-30)4-5-21(22)26(28(27)29(33)34)16-3-6-23-24(11-16)39-15-38-23/h3-6,9-13,26-28H,2,7-8,14-15H2,1H3,(H,31,32)(H,33,34)/t26-,27+,28+/m0/s1/i30-1. The normalized spacial score (nSPS) is 18.9. The molecule has 0 saturated carbocycles. The monoisotopic (exact) mass is 537 g/mol. The van der Waals surface area contributed by atoms with Crippen molar-refractivity contribution in [1.82, 2.24) is 0 Å². The fraction of sp³-hybridized carbons (Fsp3) is 0.310. The summed E-state index contributed by atoms with van der Waals surface area (Å²) in [4.78, 5) is 24.1.